The largest absolute Gasteiger partial charge is 0.376 e. The fraction of sp³-hybridized carbons (Fsp3) is 0.167. The predicted molar refractivity (Wildman–Crippen MR) is 49.5 cm³/mol. The third kappa shape index (κ3) is 1.68. The van der Waals surface area contributed by atoms with E-state index in [4.69, 9.17) is 5.73 Å². The second kappa shape index (κ2) is 2.98. The molecule has 4 heteroatoms. The van der Waals surface area contributed by atoms with Crippen molar-refractivity contribution in [2.45, 2.75) is 6.92 Å². The highest BCUT2D eigenvalue weighted by Crippen LogP contribution is 2.18. The smallest absolute Gasteiger partial charge is 0.168 e. The number of rotatable bonds is 1. The highest BCUT2D eigenvalue weighted by molar-refractivity contribution is 7.80. The van der Waals surface area contributed by atoms with Gasteiger partial charge in [0.15, 0.2) is 5.11 Å². The van der Waals surface area contributed by atoms with E-state index < -0.39 is 0 Å². The van der Waals surface area contributed by atoms with Gasteiger partial charge in [-0.3, -0.25) is 0 Å². The van der Waals surface area contributed by atoms with Gasteiger partial charge in [0, 0.05) is 5.38 Å². The monoisotopic (exact) mass is 172 g/mol. The molecular formula is C6H8N2S2. The minimum Gasteiger partial charge on any atom is -0.376 e. The summed E-state index contributed by atoms with van der Waals surface area (Å²) >= 11 is 6.30. The standard InChI is InChI=1S/C6H8N2S2/c1-4-2-10-3-5(4)8-6(7)9/h2-3H,1H3,(H3,7,8,9). The Morgan fingerprint density at radius 2 is 2.40 bits per heavy atom. The summed E-state index contributed by atoms with van der Waals surface area (Å²) in [6.07, 6.45) is 0. The van der Waals surface area contributed by atoms with Crippen LogP contribution < -0.4 is 11.1 Å². The molecule has 0 amide bonds. The van der Waals surface area contributed by atoms with Crippen LogP contribution in [0.1, 0.15) is 5.56 Å². The van der Waals surface area contributed by atoms with Gasteiger partial charge in [0.25, 0.3) is 0 Å². The van der Waals surface area contributed by atoms with Crippen LogP contribution >= 0.6 is 23.6 Å². The van der Waals surface area contributed by atoms with Crippen LogP contribution in [-0.4, -0.2) is 5.11 Å². The van der Waals surface area contributed by atoms with Crippen LogP contribution in [0.2, 0.25) is 0 Å². The normalized spacial score (nSPS) is 9.30. The molecule has 1 heterocycles. The minimum absolute atomic E-state index is 0.321. The molecule has 0 aliphatic carbocycles. The lowest BCUT2D eigenvalue weighted by molar-refractivity contribution is 1.52. The van der Waals surface area contributed by atoms with E-state index in [1.165, 1.54) is 5.56 Å². The van der Waals surface area contributed by atoms with Gasteiger partial charge in [0.1, 0.15) is 0 Å². The van der Waals surface area contributed by atoms with Crippen molar-refractivity contribution in [1.82, 2.24) is 0 Å². The number of thiophene rings is 1. The van der Waals surface area contributed by atoms with Crippen molar-refractivity contribution in [2.75, 3.05) is 5.32 Å². The Labute approximate surface area is 69.1 Å². The zero-order chi connectivity index (χ0) is 7.56. The summed E-state index contributed by atoms with van der Waals surface area (Å²) in [6.45, 7) is 2.01. The van der Waals surface area contributed by atoms with Gasteiger partial charge in [-0.05, 0) is 30.1 Å². The minimum atomic E-state index is 0.321. The first-order valence-corrected chi connectivity index (χ1v) is 4.14. The first-order chi connectivity index (χ1) is 4.70. The Hall–Kier alpha value is -0.610. The molecular weight excluding hydrogens is 164 g/mol. The lowest BCUT2D eigenvalue weighted by Crippen LogP contribution is -2.18. The van der Waals surface area contributed by atoms with Gasteiger partial charge in [-0.1, -0.05) is 0 Å². The molecule has 0 unspecified atom stereocenters. The molecule has 0 atom stereocenters. The van der Waals surface area contributed by atoms with Crippen LogP contribution in [0.4, 0.5) is 5.69 Å². The molecule has 54 valence electrons. The number of nitrogens with two attached hydrogens (primary N) is 1. The number of nitrogens with one attached hydrogen (secondary N) is 1. The van der Waals surface area contributed by atoms with Gasteiger partial charge < -0.3 is 11.1 Å². The molecule has 1 rings (SSSR count). The summed E-state index contributed by atoms with van der Waals surface area (Å²) in [5.41, 5.74) is 7.47. The van der Waals surface area contributed by atoms with Gasteiger partial charge in [-0.2, -0.15) is 0 Å². The molecule has 2 nitrogen and oxygen atoms in total. The Morgan fingerprint density at radius 3 is 2.80 bits per heavy atom. The van der Waals surface area contributed by atoms with Crippen molar-refractivity contribution in [3.05, 3.63) is 16.3 Å². The molecule has 0 aromatic carbocycles. The number of thiocarbonyl (C=S) groups is 1. The number of hydrogen-bond acceptors (Lipinski definition) is 2. The Morgan fingerprint density at radius 1 is 1.70 bits per heavy atom. The van der Waals surface area contributed by atoms with E-state index in [0.29, 0.717) is 5.11 Å². The summed E-state index contributed by atoms with van der Waals surface area (Å²) in [7, 11) is 0. The molecule has 0 bridgehead atoms. The van der Waals surface area contributed by atoms with Gasteiger partial charge in [0.2, 0.25) is 0 Å². The van der Waals surface area contributed by atoms with E-state index in [1.54, 1.807) is 11.3 Å². The van der Waals surface area contributed by atoms with E-state index >= 15 is 0 Å². The lowest BCUT2D eigenvalue weighted by atomic mass is 10.3. The van der Waals surface area contributed by atoms with Crippen molar-refractivity contribution in [2.24, 2.45) is 5.73 Å². The van der Waals surface area contributed by atoms with E-state index in [2.05, 4.69) is 17.5 Å². The zero-order valence-electron chi connectivity index (χ0n) is 5.55. The molecule has 0 fully saturated rings. The van der Waals surface area contributed by atoms with E-state index in [-0.39, 0.29) is 0 Å². The van der Waals surface area contributed by atoms with Gasteiger partial charge >= 0.3 is 0 Å². The predicted octanol–water partition coefficient (Wildman–Crippen LogP) is 1.71. The maximum absolute atomic E-state index is 5.28. The summed E-state index contributed by atoms with van der Waals surface area (Å²) in [5.74, 6) is 0. The Balaban J connectivity index is 2.74. The highest BCUT2D eigenvalue weighted by Gasteiger charge is 1.97. The van der Waals surface area contributed by atoms with Crippen molar-refractivity contribution in [3.63, 3.8) is 0 Å². The maximum Gasteiger partial charge on any atom is 0.168 e. The summed E-state index contributed by atoms with van der Waals surface area (Å²) in [5, 5.41) is 7.22. The molecule has 1 aromatic rings. The van der Waals surface area contributed by atoms with Crippen LogP contribution in [0.15, 0.2) is 10.8 Å². The van der Waals surface area contributed by atoms with Crippen molar-refractivity contribution in [3.8, 4) is 0 Å². The van der Waals surface area contributed by atoms with E-state index in [9.17, 15) is 0 Å². The molecule has 0 radical (unpaired) electrons. The number of hydrogen-bond donors (Lipinski definition) is 2. The average molecular weight is 172 g/mol. The Kier molecular flexibility index (Phi) is 2.24. The quantitative estimate of drug-likeness (QED) is 0.633. The van der Waals surface area contributed by atoms with Gasteiger partial charge in [-0.15, -0.1) is 11.3 Å². The highest BCUT2D eigenvalue weighted by atomic mass is 32.1. The average Bonchev–Trinajstić information content (AvgIpc) is 2.15. The first-order valence-electron chi connectivity index (χ1n) is 2.79. The molecule has 0 aliphatic rings. The molecule has 0 aliphatic heterocycles. The van der Waals surface area contributed by atoms with Crippen LogP contribution in [0, 0.1) is 6.92 Å². The van der Waals surface area contributed by atoms with E-state index in [1.807, 2.05) is 17.7 Å². The lowest BCUT2D eigenvalue weighted by Gasteiger charge is -2.00. The second-order valence-electron chi connectivity index (χ2n) is 1.96. The fourth-order valence-corrected chi connectivity index (χ4v) is 1.51. The fourth-order valence-electron chi connectivity index (χ4n) is 0.621. The number of anilines is 1. The first kappa shape index (κ1) is 7.50. The van der Waals surface area contributed by atoms with Gasteiger partial charge in [0.05, 0.1) is 5.69 Å². The summed E-state index contributed by atoms with van der Waals surface area (Å²) in [6, 6.07) is 0. The molecule has 10 heavy (non-hydrogen) atoms. The molecule has 0 spiro atoms. The summed E-state index contributed by atoms with van der Waals surface area (Å²) < 4.78 is 0. The van der Waals surface area contributed by atoms with Crippen molar-refractivity contribution in [1.29, 1.82) is 0 Å². The van der Waals surface area contributed by atoms with Crippen LogP contribution in [0.5, 0.6) is 0 Å². The topological polar surface area (TPSA) is 38.0 Å². The third-order valence-electron chi connectivity index (χ3n) is 1.11. The van der Waals surface area contributed by atoms with Gasteiger partial charge in [-0.25, -0.2) is 0 Å². The summed E-state index contributed by atoms with van der Waals surface area (Å²) in [4.78, 5) is 0. The zero-order valence-corrected chi connectivity index (χ0v) is 7.18. The van der Waals surface area contributed by atoms with E-state index in [0.717, 1.165) is 5.69 Å². The van der Waals surface area contributed by atoms with Crippen LogP contribution in [0.3, 0.4) is 0 Å². The molecule has 1 aromatic heterocycles. The SMILES string of the molecule is Cc1cscc1NC(N)=S. The van der Waals surface area contributed by atoms with Crippen molar-refractivity contribution >= 4 is 34.4 Å². The third-order valence-corrected chi connectivity index (χ3v) is 2.08. The second-order valence-corrected chi connectivity index (χ2v) is 3.14. The van der Waals surface area contributed by atoms with Crippen LogP contribution in [0.25, 0.3) is 0 Å². The molecule has 3 N–H and O–H groups in total. The maximum atomic E-state index is 5.28. The number of aryl methyl sites for hydroxylation is 1. The Bertz CT molecular complexity index is 242. The van der Waals surface area contributed by atoms with Crippen molar-refractivity contribution < 1.29 is 0 Å². The molecule has 0 saturated carbocycles. The van der Waals surface area contributed by atoms with Crippen LogP contribution in [-0.2, 0) is 0 Å². The molecule has 0 saturated heterocycles.